The van der Waals surface area contributed by atoms with Gasteiger partial charge in [0, 0.05) is 13.1 Å². The quantitative estimate of drug-likeness (QED) is 0.713. The minimum atomic E-state index is -0.294. The molecule has 1 atom stereocenters. The van der Waals surface area contributed by atoms with Gasteiger partial charge < -0.3 is 18.8 Å². The summed E-state index contributed by atoms with van der Waals surface area (Å²) in [6.45, 7) is 3.12. The van der Waals surface area contributed by atoms with Gasteiger partial charge in [-0.3, -0.25) is 9.59 Å². The highest BCUT2D eigenvalue weighted by atomic mass is 16.5. The van der Waals surface area contributed by atoms with Crippen LogP contribution < -0.4 is 4.74 Å². The SMILES string of the molecule is CCOC(=O)C1CCCN(C(=O)c2ccc(COc3ccccc3C#N)o2)C1. The Morgan fingerprint density at radius 1 is 1.29 bits per heavy atom. The maximum absolute atomic E-state index is 12.7. The zero-order valence-electron chi connectivity index (χ0n) is 15.7. The van der Waals surface area contributed by atoms with Crippen molar-refractivity contribution in [1.29, 1.82) is 5.26 Å². The van der Waals surface area contributed by atoms with Crippen LogP contribution in [-0.4, -0.2) is 36.5 Å². The largest absolute Gasteiger partial charge is 0.484 e. The number of rotatable bonds is 6. The Labute approximate surface area is 163 Å². The van der Waals surface area contributed by atoms with Crippen LogP contribution in [0.2, 0.25) is 0 Å². The first-order valence-corrected chi connectivity index (χ1v) is 9.29. The van der Waals surface area contributed by atoms with Crippen molar-refractivity contribution in [2.75, 3.05) is 19.7 Å². The molecule has 0 aliphatic carbocycles. The zero-order chi connectivity index (χ0) is 19.9. The molecule has 0 spiro atoms. The van der Waals surface area contributed by atoms with Crippen molar-refractivity contribution >= 4 is 11.9 Å². The van der Waals surface area contributed by atoms with Crippen molar-refractivity contribution in [2.24, 2.45) is 5.92 Å². The second-order valence-electron chi connectivity index (χ2n) is 6.50. The van der Waals surface area contributed by atoms with Gasteiger partial charge >= 0.3 is 5.97 Å². The topological polar surface area (TPSA) is 92.8 Å². The Hall–Kier alpha value is -3.27. The van der Waals surface area contributed by atoms with Gasteiger partial charge in [0.15, 0.2) is 5.76 Å². The number of amides is 1. The maximum Gasteiger partial charge on any atom is 0.310 e. The van der Waals surface area contributed by atoms with Crippen molar-refractivity contribution in [2.45, 2.75) is 26.4 Å². The Morgan fingerprint density at radius 2 is 2.11 bits per heavy atom. The minimum absolute atomic E-state index is 0.109. The van der Waals surface area contributed by atoms with Crippen LogP contribution in [-0.2, 0) is 16.1 Å². The first kappa shape index (κ1) is 19.5. The molecule has 1 aromatic carbocycles. The summed E-state index contributed by atoms with van der Waals surface area (Å²) >= 11 is 0. The number of esters is 1. The number of nitriles is 1. The van der Waals surface area contributed by atoms with Gasteiger partial charge in [0.2, 0.25) is 0 Å². The van der Waals surface area contributed by atoms with E-state index in [-0.39, 0.29) is 30.2 Å². The summed E-state index contributed by atoms with van der Waals surface area (Å²) in [7, 11) is 0. The molecule has 146 valence electrons. The standard InChI is InChI=1S/C21H22N2O5/c1-2-26-21(25)16-7-5-11-23(13-16)20(24)19-10-9-17(28-19)14-27-18-8-4-3-6-15(18)12-22/h3-4,6,8-10,16H,2,5,7,11,13-14H2,1H3. The molecule has 1 fully saturated rings. The summed E-state index contributed by atoms with van der Waals surface area (Å²) in [5.74, 6) is 0.342. The fourth-order valence-corrected chi connectivity index (χ4v) is 3.17. The molecule has 28 heavy (non-hydrogen) atoms. The van der Waals surface area contributed by atoms with Crippen LogP contribution in [0.5, 0.6) is 5.75 Å². The van der Waals surface area contributed by atoms with Gasteiger partial charge in [-0.25, -0.2) is 0 Å². The van der Waals surface area contributed by atoms with Gasteiger partial charge in [-0.2, -0.15) is 5.26 Å². The van der Waals surface area contributed by atoms with Crippen LogP contribution in [0.1, 0.15) is 41.6 Å². The fourth-order valence-electron chi connectivity index (χ4n) is 3.17. The van der Waals surface area contributed by atoms with E-state index in [0.717, 1.165) is 12.8 Å². The number of carbonyl (C=O) groups excluding carboxylic acids is 2. The molecule has 0 N–H and O–H groups in total. The third-order valence-corrected chi connectivity index (χ3v) is 4.58. The number of piperidine rings is 1. The molecule has 0 bridgehead atoms. The number of furan rings is 1. The van der Waals surface area contributed by atoms with E-state index in [4.69, 9.17) is 19.2 Å². The molecule has 0 radical (unpaired) electrons. The number of benzene rings is 1. The van der Waals surface area contributed by atoms with Crippen LogP contribution in [0, 0.1) is 17.2 Å². The lowest BCUT2D eigenvalue weighted by Gasteiger charge is -2.30. The van der Waals surface area contributed by atoms with Crippen LogP contribution in [0.25, 0.3) is 0 Å². The molecule has 1 aromatic heterocycles. The number of ether oxygens (including phenoxy) is 2. The Bertz CT molecular complexity index is 883. The van der Waals surface area contributed by atoms with Crippen molar-refractivity contribution in [3.63, 3.8) is 0 Å². The predicted octanol–water partition coefficient (Wildman–Crippen LogP) is 3.15. The Kier molecular flexibility index (Phi) is 6.33. The summed E-state index contributed by atoms with van der Waals surface area (Å²) in [5.41, 5.74) is 0.434. The van der Waals surface area contributed by atoms with Crippen molar-refractivity contribution in [1.82, 2.24) is 4.90 Å². The van der Waals surface area contributed by atoms with Gasteiger partial charge in [0.05, 0.1) is 18.1 Å². The number of hydrogen-bond donors (Lipinski definition) is 0. The van der Waals surface area contributed by atoms with E-state index >= 15 is 0 Å². The predicted molar refractivity (Wildman–Crippen MR) is 99.5 cm³/mol. The Morgan fingerprint density at radius 3 is 2.89 bits per heavy atom. The van der Waals surface area contributed by atoms with Crippen LogP contribution >= 0.6 is 0 Å². The molecule has 1 aliphatic rings. The van der Waals surface area contributed by atoms with Gasteiger partial charge in [0.25, 0.3) is 5.91 Å². The van der Waals surface area contributed by atoms with Crippen LogP contribution in [0.4, 0.5) is 0 Å². The summed E-state index contributed by atoms with van der Waals surface area (Å²) in [6, 6.07) is 12.3. The molecular formula is C21H22N2O5. The summed E-state index contributed by atoms with van der Waals surface area (Å²) in [5, 5.41) is 9.09. The van der Waals surface area contributed by atoms with E-state index in [1.807, 2.05) is 0 Å². The minimum Gasteiger partial charge on any atom is -0.484 e. The molecule has 1 amide bonds. The van der Waals surface area contributed by atoms with E-state index < -0.39 is 0 Å². The molecule has 3 rings (SSSR count). The second-order valence-corrected chi connectivity index (χ2v) is 6.50. The number of carbonyl (C=O) groups is 2. The lowest BCUT2D eigenvalue weighted by atomic mass is 9.98. The molecular weight excluding hydrogens is 360 g/mol. The summed E-state index contributed by atoms with van der Waals surface area (Å²) in [6.07, 6.45) is 1.47. The zero-order valence-corrected chi connectivity index (χ0v) is 15.7. The van der Waals surface area contributed by atoms with Gasteiger partial charge in [-0.1, -0.05) is 12.1 Å². The molecule has 1 aliphatic heterocycles. The Balaban J connectivity index is 1.61. The molecule has 1 unspecified atom stereocenters. The first-order chi connectivity index (χ1) is 13.6. The lowest BCUT2D eigenvalue weighted by Crippen LogP contribution is -2.42. The van der Waals surface area contributed by atoms with E-state index in [9.17, 15) is 9.59 Å². The monoisotopic (exact) mass is 382 g/mol. The average molecular weight is 382 g/mol. The summed E-state index contributed by atoms with van der Waals surface area (Å²) in [4.78, 5) is 26.3. The number of para-hydroxylation sites is 1. The van der Waals surface area contributed by atoms with E-state index in [2.05, 4.69) is 6.07 Å². The average Bonchev–Trinajstić information content (AvgIpc) is 3.21. The highest BCUT2D eigenvalue weighted by Gasteiger charge is 2.30. The lowest BCUT2D eigenvalue weighted by molar-refractivity contribution is -0.149. The number of likely N-dealkylation sites (tertiary alicyclic amines) is 1. The number of nitrogens with zero attached hydrogens (tertiary/aromatic N) is 2. The molecule has 2 aromatic rings. The van der Waals surface area contributed by atoms with Crippen LogP contribution in [0.15, 0.2) is 40.8 Å². The van der Waals surface area contributed by atoms with E-state index in [1.54, 1.807) is 48.2 Å². The molecule has 1 saturated heterocycles. The van der Waals surface area contributed by atoms with Gasteiger partial charge in [-0.15, -0.1) is 0 Å². The second kappa shape index (κ2) is 9.09. The van der Waals surface area contributed by atoms with E-state index in [0.29, 0.717) is 36.8 Å². The summed E-state index contributed by atoms with van der Waals surface area (Å²) < 4.78 is 16.3. The van der Waals surface area contributed by atoms with Crippen LogP contribution in [0.3, 0.4) is 0 Å². The molecule has 7 nitrogen and oxygen atoms in total. The van der Waals surface area contributed by atoms with Gasteiger partial charge in [0.1, 0.15) is 24.2 Å². The highest BCUT2D eigenvalue weighted by Crippen LogP contribution is 2.22. The first-order valence-electron chi connectivity index (χ1n) is 9.29. The maximum atomic E-state index is 12.7. The normalized spacial score (nSPS) is 16.3. The van der Waals surface area contributed by atoms with Crippen molar-refractivity contribution in [3.8, 4) is 11.8 Å². The molecule has 2 heterocycles. The third kappa shape index (κ3) is 4.52. The fraction of sp³-hybridized carbons (Fsp3) is 0.381. The molecule has 7 heteroatoms. The molecule has 0 saturated carbocycles. The smallest absolute Gasteiger partial charge is 0.310 e. The number of hydrogen-bond acceptors (Lipinski definition) is 6. The van der Waals surface area contributed by atoms with Crippen molar-refractivity contribution in [3.05, 3.63) is 53.5 Å². The third-order valence-electron chi connectivity index (χ3n) is 4.58. The highest BCUT2D eigenvalue weighted by molar-refractivity contribution is 5.92. The van der Waals surface area contributed by atoms with Gasteiger partial charge in [-0.05, 0) is 44.0 Å². The van der Waals surface area contributed by atoms with Crippen molar-refractivity contribution < 1.29 is 23.5 Å². The van der Waals surface area contributed by atoms with E-state index in [1.165, 1.54) is 0 Å².